The van der Waals surface area contributed by atoms with E-state index in [0.717, 1.165) is 25.5 Å². The number of fused-ring (bicyclic) bond motifs is 1. The number of methoxy groups -OCH3 is 1. The Morgan fingerprint density at radius 2 is 2.19 bits per heavy atom. The van der Waals surface area contributed by atoms with Crippen LogP contribution < -0.4 is 5.73 Å². The standard InChI is InChI=1S/C16H22N4O/c1-21-12-13-4-2-3-5-14(13)15(10-17)20-9-8-19-7-6-18-16(19)11-20/h2-7,15H,8-12,17H2,1H3. The third kappa shape index (κ3) is 2.85. The lowest BCUT2D eigenvalue weighted by molar-refractivity contribution is 0.149. The molecular weight excluding hydrogens is 264 g/mol. The molecule has 0 saturated heterocycles. The summed E-state index contributed by atoms with van der Waals surface area (Å²) in [6, 6.07) is 8.61. The van der Waals surface area contributed by atoms with E-state index < -0.39 is 0 Å². The molecule has 0 fully saturated rings. The first-order chi connectivity index (χ1) is 10.3. The third-order valence-electron chi connectivity index (χ3n) is 4.15. The average molecular weight is 286 g/mol. The summed E-state index contributed by atoms with van der Waals surface area (Å²) in [5, 5.41) is 0. The van der Waals surface area contributed by atoms with Crippen LogP contribution in [0.4, 0.5) is 0 Å². The van der Waals surface area contributed by atoms with Gasteiger partial charge in [0.1, 0.15) is 5.82 Å². The molecule has 2 heterocycles. The molecule has 21 heavy (non-hydrogen) atoms. The van der Waals surface area contributed by atoms with Crippen molar-refractivity contribution in [1.29, 1.82) is 0 Å². The second-order valence-corrected chi connectivity index (χ2v) is 5.39. The van der Waals surface area contributed by atoms with Crippen molar-refractivity contribution in [3.63, 3.8) is 0 Å². The number of hydrogen-bond acceptors (Lipinski definition) is 4. The highest BCUT2D eigenvalue weighted by Gasteiger charge is 2.25. The zero-order valence-corrected chi connectivity index (χ0v) is 12.4. The molecule has 1 aliphatic heterocycles. The minimum Gasteiger partial charge on any atom is -0.380 e. The van der Waals surface area contributed by atoms with E-state index in [-0.39, 0.29) is 6.04 Å². The fourth-order valence-corrected chi connectivity index (χ4v) is 3.08. The van der Waals surface area contributed by atoms with Gasteiger partial charge in [-0.3, -0.25) is 4.90 Å². The molecule has 0 bridgehead atoms. The molecule has 5 heteroatoms. The Kier molecular flexibility index (Phi) is 4.34. The first-order valence-corrected chi connectivity index (χ1v) is 7.34. The normalized spacial score (nSPS) is 16.7. The predicted molar refractivity (Wildman–Crippen MR) is 81.6 cm³/mol. The van der Waals surface area contributed by atoms with Gasteiger partial charge in [0.2, 0.25) is 0 Å². The maximum atomic E-state index is 6.09. The molecular formula is C16H22N4O. The zero-order chi connectivity index (χ0) is 14.7. The Morgan fingerprint density at radius 3 is 3.00 bits per heavy atom. The summed E-state index contributed by atoms with van der Waals surface area (Å²) >= 11 is 0. The van der Waals surface area contributed by atoms with Crippen molar-refractivity contribution in [1.82, 2.24) is 14.5 Å². The van der Waals surface area contributed by atoms with Crippen molar-refractivity contribution in [3.8, 4) is 0 Å². The van der Waals surface area contributed by atoms with Gasteiger partial charge < -0.3 is 15.0 Å². The van der Waals surface area contributed by atoms with Gasteiger partial charge in [0.15, 0.2) is 0 Å². The second-order valence-electron chi connectivity index (χ2n) is 5.39. The average Bonchev–Trinajstić information content (AvgIpc) is 2.98. The third-order valence-corrected chi connectivity index (χ3v) is 4.15. The Morgan fingerprint density at radius 1 is 1.33 bits per heavy atom. The molecule has 1 aromatic carbocycles. The van der Waals surface area contributed by atoms with Gasteiger partial charge in [-0.25, -0.2) is 4.98 Å². The van der Waals surface area contributed by atoms with Crippen LogP contribution in [0.25, 0.3) is 0 Å². The number of ether oxygens (including phenoxy) is 1. The predicted octanol–water partition coefficient (Wildman–Crippen LogP) is 1.55. The molecule has 112 valence electrons. The van der Waals surface area contributed by atoms with Crippen LogP contribution in [0.1, 0.15) is 23.0 Å². The van der Waals surface area contributed by atoms with Crippen molar-refractivity contribution in [2.24, 2.45) is 5.73 Å². The second kappa shape index (κ2) is 6.39. The minimum atomic E-state index is 0.210. The van der Waals surface area contributed by atoms with Crippen LogP contribution >= 0.6 is 0 Å². The largest absolute Gasteiger partial charge is 0.380 e. The molecule has 2 N–H and O–H groups in total. The van der Waals surface area contributed by atoms with Crippen LogP contribution in [0, 0.1) is 0 Å². The summed E-state index contributed by atoms with van der Waals surface area (Å²) in [6.45, 7) is 4.03. The summed E-state index contributed by atoms with van der Waals surface area (Å²) in [7, 11) is 1.73. The lowest BCUT2D eigenvalue weighted by Gasteiger charge is -2.35. The fraction of sp³-hybridized carbons (Fsp3) is 0.438. The quantitative estimate of drug-likeness (QED) is 0.906. The highest BCUT2D eigenvalue weighted by Crippen LogP contribution is 2.27. The van der Waals surface area contributed by atoms with Crippen LogP contribution in [0.2, 0.25) is 0 Å². The Bertz CT molecular complexity index is 595. The van der Waals surface area contributed by atoms with Gasteiger partial charge in [0.05, 0.1) is 13.2 Å². The van der Waals surface area contributed by atoms with E-state index in [2.05, 4.69) is 32.7 Å². The SMILES string of the molecule is COCc1ccccc1C(CN)N1CCn2ccnc2C1. The topological polar surface area (TPSA) is 56.3 Å². The molecule has 0 aliphatic carbocycles. The molecule has 1 aliphatic rings. The first-order valence-electron chi connectivity index (χ1n) is 7.34. The van der Waals surface area contributed by atoms with Crippen molar-refractivity contribution in [3.05, 3.63) is 53.6 Å². The molecule has 1 aromatic heterocycles. The number of nitrogens with zero attached hydrogens (tertiary/aromatic N) is 3. The van der Waals surface area contributed by atoms with Crippen LogP contribution in [0.3, 0.4) is 0 Å². The van der Waals surface area contributed by atoms with Crippen LogP contribution in [-0.4, -0.2) is 34.7 Å². The van der Waals surface area contributed by atoms with Gasteiger partial charge in [-0.2, -0.15) is 0 Å². The number of imidazole rings is 1. The van der Waals surface area contributed by atoms with E-state index in [1.807, 2.05) is 18.5 Å². The van der Waals surface area contributed by atoms with Gasteiger partial charge >= 0.3 is 0 Å². The Balaban J connectivity index is 1.86. The maximum absolute atomic E-state index is 6.09. The molecule has 0 spiro atoms. The number of aromatic nitrogens is 2. The number of nitrogens with two attached hydrogens (primary N) is 1. The maximum Gasteiger partial charge on any atom is 0.122 e. The van der Waals surface area contributed by atoms with Crippen LogP contribution in [0.15, 0.2) is 36.7 Å². The minimum absolute atomic E-state index is 0.210. The fourth-order valence-electron chi connectivity index (χ4n) is 3.08. The number of benzene rings is 1. The molecule has 1 atom stereocenters. The highest BCUT2D eigenvalue weighted by molar-refractivity contribution is 5.30. The van der Waals surface area contributed by atoms with Gasteiger partial charge in [-0.05, 0) is 11.1 Å². The number of rotatable bonds is 5. The first kappa shape index (κ1) is 14.3. The van der Waals surface area contributed by atoms with Crippen molar-refractivity contribution >= 4 is 0 Å². The van der Waals surface area contributed by atoms with E-state index in [0.29, 0.717) is 13.2 Å². The molecule has 0 saturated carbocycles. The monoisotopic (exact) mass is 286 g/mol. The summed E-state index contributed by atoms with van der Waals surface area (Å²) in [5.74, 6) is 1.11. The lowest BCUT2D eigenvalue weighted by atomic mass is 9.99. The molecule has 1 unspecified atom stereocenters. The highest BCUT2D eigenvalue weighted by atomic mass is 16.5. The van der Waals surface area contributed by atoms with Crippen molar-refractivity contribution < 1.29 is 4.74 Å². The van der Waals surface area contributed by atoms with E-state index in [9.17, 15) is 0 Å². The molecule has 0 radical (unpaired) electrons. The van der Waals surface area contributed by atoms with Crippen LogP contribution in [-0.2, 0) is 24.4 Å². The van der Waals surface area contributed by atoms with Gasteiger partial charge in [-0.1, -0.05) is 24.3 Å². The van der Waals surface area contributed by atoms with Gasteiger partial charge in [-0.15, -0.1) is 0 Å². The van der Waals surface area contributed by atoms with E-state index in [1.165, 1.54) is 11.1 Å². The lowest BCUT2D eigenvalue weighted by Crippen LogP contribution is -2.40. The number of hydrogen-bond donors (Lipinski definition) is 1. The van der Waals surface area contributed by atoms with Crippen molar-refractivity contribution in [2.45, 2.75) is 25.7 Å². The summed E-state index contributed by atoms with van der Waals surface area (Å²) in [5.41, 5.74) is 8.56. The Hall–Kier alpha value is -1.69. The van der Waals surface area contributed by atoms with Crippen molar-refractivity contribution in [2.75, 3.05) is 20.2 Å². The molecule has 3 rings (SSSR count). The van der Waals surface area contributed by atoms with Gasteiger partial charge in [0, 0.05) is 45.2 Å². The smallest absolute Gasteiger partial charge is 0.122 e. The van der Waals surface area contributed by atoms with E-state index in [1.54, 1.807) is 7.11 Å². The summed E-state index contributed by atoms with van der Waals surface area (Å²) in [6.07, 6.45) is 3.91. The molecule has 2 aromatic rings. The van der Waals surface area contributed by atoms with E-state index in [4.69, 9.17) is 10.5 Å². The molecule has 0 amide bonds. The zero-order valence-electron chi connectivity index (χ0n) is 12.4. The summed E-state index contributed by atoms with van der Waals surface area (Å²) < 4.78 is 7.53. The van der Waals surface area contributed by atoms with Gasteiger partial charge in [0.25, 0.3) is 0 Å². The summed E-state index contributed by atoms with van der Waals surface area (Å²) in [4.78, 5) is 6.85. The Labute approximate surface area is 125 Å². The van der Waals surface area contributed by atoms with E-state index >= 15 is 0 Å². The molecule has 5 nitrogen and oxygen atoms in total. The van der Waals surface area contributed by atoms with Crippen LogP contribution in [0.5, 0.6) is 0 Å².